The monoisotopic (exact) mass is 478 g/mol. The third-order valence-electron chi connectivity index (χ3n) is 7.61. The van der Waals surface area contributed by atoms with Gasteiger partial charge in [-0.15, -0.1) is 5.10 Å². The minimum absolute atomic E-state index is 0.112. The van der Waals surface area contributed by atoms with E-state index in [-0.39, 0.29) is 29.5 Å². The number of carbonyl (C=O) groups excluding carboxylic acids is 1. The number of fused-ring (bicyclic) bond motifs is 1. The smallest absolute Gasteiger partial charge is 0.309 e. The Morgan fingerprint density at radius 3 is 2.69 bits per heavy atom. The predicted octanol–water partition coefficient (Wildman–Crippen LogP) is 3.69. The van der Waals surface area contributed by atoms with Gasteiger partial charge in [0.15, 0.2) is 5.82 Å². The second-order valence-corrected chi connectivity index (χ2v) is 9.83. The Kier molecular flexibility index (Phi) is 6.95. The van der Waals surface area contributed by atoms with Gasteiger partial charge in [0.05, 0.1) is 24.1 Å². The number of hydrogen-bond donors (Lipinski definition) is 1. The summed E-state index contributed by atoms with van der Waals surface area (Å²) in [6.07, 6.45) is 7.02. The maximum absolute atomic E-state index is 13.5. The van der Waals surface area contributed by atoms with Gasteiger partial charge in [-0.1, -0.05) is 37.5 Å². The topological polar surface area (TPSA) is 106 Å². The van der Waals surface area contributed by atoms with E-state index >= 15 is 0 Å². The number of likely N-dealkylation sites (tertiary alicyclic amines) is 1. The molecule has 1 atom stereocenters. The normalized spacial score (nSPS) is 19.1. The van der Waals surface area contributed by atoms with Gasteiger partial charge in [0.1, 0.15) is 6.04 Å². The molecule has 2 aliphatic rings. The van der Waals surface area contributed by atoms with E-state index < -0.39 is 0 Å². The Balaban J connectivity index is 1.55. The number of benzene rings is 1. The van der Waals surface area contributed by atoms with E-state index in [1.54, 1.807) is 0 Å². The van der Waals surface area contributed by atoms with Crippen LogP contribution in [0.4, 0.5) is 0 Å². The molecule has 3 heterocycles. The zero-order valence-corrected chi connectivity index (χ0v) is 20.6. The Morgan fingerprint density at radius 2 is 1.94 bits per heavy atom. The van der Waals surface area contributed by atoms with Gasteiger partial charge in [-0.25, -0.2) is 4.68 Å². The second kappa shape index (κ2) is 10.3. The van der Waals surface area contributed by atoms with Crippen molar-refractivity contribution in [3.63, 3.8) is 0 Å². The summed E-state index contributed by atoms with van der Waals surface area (Å²) in [5.41, 5.74) is 2.41. The number of aromatic amines is 1. The average Bonchev–Trinajstić information content (AvgIpc) is 3.36. The van der Waals surface area contributed by atoms with Crippen LogP contribution in [-0.2, 0) is 9.53 Å². The molecular formula is C26H34N6O3. The number of nitrogens with zero attached hydrogens (tertiary/aromatic N) is 5. The number of piperidine rings is 1. The van der Waals surface area contributed by atoms with Crippen molar-refractivity contribution in [2.45, 2.75) is 70.9 Å². The number of esters is 1. The number of ether oxygens (including phenoxy) is 1. The molecule has 1 saturated heterocycles. The summed E-state index contributed by atoms with van der Waals surface area (Å²) in [7, 11) is 0. The molecule has 0 radical (unpaired) electrons. The van der Waals surface area contributed by atoms with E-state index in [1.165, 1.54) is 6.42 Å². The molecule has 9 heteroatoms. The minimum Gasteiger partial charge on any atom is -0.466 e. The van der Waals surface area contributed by atoms with E-state index in [4.69, 9.17) is 4.74 Å². The first-order chi connectivity index (χ1) is 17.1. The van der Waals surface area contributed by atoms with Gasteiger partial charge in [0.2, 0.25) is 0 Å². The lowest BCUT2D eigenvalue weighted by atomic mass is 9.92. The molecule has 3 aromatic rings. The highest BCUT2D eigenvalue weighted by Crippen LogP contribution is 2.35. The molecular weight excluding hydrogens is 444 g/mol. The van der Waals surface area contributed by atoms with Crippen LogP contribution in [0.15, 0.2) is 29.1 Å². The van der Waals surface area contributed by atoms with Crippen molar-refractivity contribution >= 4 is 16.9 Å². The van der Waals surface area contributed by atoms with Crippen LogP contribution < -0.4 is 5.56 Å². The largest absolute Gasteiger partial charge is 0.466 e. The zero-order chi connectivity index (χ0) is 24.4. The Bertz CT molecular complexity index is 1240. The van der Waals surface area contributed by atoms with E-state index in [9.17, 15) is 9.59 Å². The van der Waals surface area contributed by atoms with Crippen LogP contribution in [0.25, 0.3) is 10.9 Å². The fourth-order valence-corrected chi connectivity index (χ4v) is 5.72. The lowest BCUT2D eigenvalue weighted by molar-refractivity contribution is -0.149. The fraction of sp³-hybridized carbons (Fsp3) is 0.577. The molecule has 186 valence electrons. The molecule has 0 amide bonds. The first kappa shape index (κ1) is 23.7. The van der Waals surface area contributed by atoms with Gasteiger partial charge in [0.25, 0.3) is 5.56 Å². The lowest BCUT2D eigenvalue weighted by Crippen LogP contribution is -2.42. The predicted molar refractivity (Wildman–Crippen MR) is 132 cm³/mol. The number of tetrazole rings is 1. The van der Waals surface area contributed by atoms with Crippen molar-refractivity contribution in [2.24, 2.45) is 5.92 Å². The molecule has 1 saturated carbocycles. The first-order valence-electron chi connectivity index (χ1n) is 12.9. The lowest BCUT2D eigenvalue weighted by Gasteiger charge is -2.36. The highest BCUT2D eigenvalue weighted by Gasteiger charge is 2.36. The van der Waals surface area contributed by atoms with Gasteiger partial charge in [-0.2, -0.15) is 0 Å². The van der Waals surface area contributed by atoms with Crippen LogP contribution in [0.2, 0.25) is 0 Å². The summed E-state index contributed by atoms with van der Waals surface area (Å²) in [6, 6.07) is 7.88. The van der Waals surface area contributed by atoms with Crippen LogP contribution in [-0.4, -0.2) is 55.8 Å². The molecule has 1 aliphatic carbocycles. The quantitative estimate of drug-likeness (QED) is 0.539. The minimum atomic E-state index is -0.385. The summed E-state index contributed by atoms with van der Waals surface area (Å²) >= 11 is 0. The Labute approximate surface area is 204 Å². The van der Waals surface area contributed by atoms with Gasteiger partial charge in [0, 0.05) is 18.7 Å². The van der Waals surface area contributed by atoms with Crippen molar-refractivity contribution in [2.75, 3.05) is 19.7 Å². The van der Waals surface area contributed by atoms with Crippen LogP contribution in [0.5, 0.6) is 0 Å². The Morgan fingerprint density at radius 1 is 1.17 bits per heavy atom. The SMILES string of the molecule is CCOC(=O)C1CCN(C(c2cc3cccc(C)c3[nH]c2=O)c2nnnn2C2CCCCC2)CC1. The third-order valence-corrected chi connectivity index (χ3v) is 7.61. The van der Waals surface area contributed by atoms with Gasteiger partial charge in [-0.05, 0) is 67.0 Å². The summed E-state index contributed by atoms with van der Waals surface area (Å²) in [4.78, 5) is 31.2. The molecule has 9 nitrogen and oxygen atoms in total. The molecule has 0 spiro atoms. The number of carbonyl (C=O) groups is 1. The highest BCUT2D eigenvalue weighted by atomic mass is 16.5. The van der Waals surface area contributed by atoms with Crippen LogP contribution >= 0.6 is 0 Å². The number of hydrogen-bond acceptors (Lipinski definition) is 7. The molecule has 35 heavy (non-hydrogen) atoms. The number of H-pyrrole nitrogens is 1. The maximum atomic E-state index is 13.5. The van der Waals surface area contributed by atoms with Crippen molar-refractivity contribution in [3.8, 4) is 0 Å². The van der Waals surface area contributed by atoms with Gasteiger partial charge < -0.3 is 9.72 Å². The van der Waals surface area contributed by atoms with Crippen LogP contribution in [0.3, 0.4) is 0 Å². The molecule has 0 bridgehead atoms. The Hall–Kier alpha value is -3.07. The molecule has 2 aromatic heterocycles. The van der Waals surface area contributed by atoms with E-state index in [2.05, 4.69) is 25.4 Å². The van der Waals surface area contributed by atoms with E-state index in [0.717, 1.165) is 42.1 Å². The number of aromatic nitrogens is 5. The van der Waals surface area contributed by atoms with Crippen molar-refractivity contribution in [1.29, 1.82) is 0 Å². The molecule has 1 aromatic carbocycles. The fourth-order valence-electron chi connectivity index (χ4n) is 5.72. The highest BCUT2D eigenvalue weighted by molar-refractivity contribution is 5.82. The first-order valence-corrected chi connectivity index (χ1v) is 12.9. The number of nitrogens with one attached hydrogen (secondary N) is 1. The molecule has 2 fully saturated rings. The average molecular weight is 479 g/mol. The van der Waals surface area contributed by atoms with Gasteiger partial charge in [-0.3, -0.25) is 14.5 Å². The van der Waals surface area contributed by atoms with Crippen molar-refractivity contribution in [3.05, 3.63) is 51.6 Å². The number of aryl methyl sites for hydroxylation is 1. The van der Waals surface area contributed by atoms with Crippen molar-refractivity contribution in [1.82, 2.24) is 30.1 Å². The molecule has 1 aliphatic heterocycles. The summed E-state index contributed by atoms with van der Waals surface area (Å²) < 4.78 is 7.22. The molecule has 1 unspecified atom stereocenters. The molecule has 1 N–H and O–H groups in total. The summed E-state index contributed by atoms with van der Waals surface area (Å²) in [5.74, 6) is 0.470. The number of pyridine rings is 1. The third kappa shape index (κ3) is 4.74. The number of para-hydroxylation sites is 1. The zero-order valence-electron chi connectivity index (χ0n) is 20.6. The standard InChI is InChI=1S/C26H34N6O3/c1-3-35-26(34)18-12-14-31(15-13-18)23(24-28-29-30-32(24)20-10-5-4-6-11-20)21-16-19-9-7-8-17(2)22(19)27-25(21)33/h7-9,16,18,20,23H,3-6,10-15H2,1-2H3,(H,27,33). The van der Waals surface area contributed by atoms with E-state index in [1.807, 2.05) is 42.8 Å². The summed E-state index contributed by atoms with van der Waals surface area (Å²) in [5, 5.41) is 13.9. The van der Waals surface area contributed by atoms with Crippen molar-refractivity contribution < 1.29 is 9.53 Å². The second-order valence-electron chi connectivity index (χ2n) is 9.83. The molecule has 5 rings (SSSR count). The van der Waals surface area contributed by atoms with E-state index in [0.29, 0.717) is 43.9 Å². The number of rotatable bonds is 6. The van der Waals surface area contributed by atoms with Gasteiger partial charge >= 0.3 is 5.97 Å². The van der Waals surface area contributed by atoms with Crippen LogP contribution in [0, 0.1) is 12.8 Å². The van der Waals surface area contributed by atoms with Crippen LogP contribution in [0.1, 0.15) is 80.9 Å². The maximum Gasteiger partial charge on any atom is 0.309 e. The summed E-state index contributed by atoms with van der Waals surface area (Å²) in [6.45, 7) is 5.55.